The normalized spacial score (nSPS) is 22.4. The van der Waals surface area contributed by atoms with Gasteiger partial charge in [0.05, 0.1) is 35.5 Å². The van der Waals surface area contributed by atoms with Crippen LogP contribution >= 0.6 is 0 Å². The Hall–Kier alpha value is -3.28. The van der Waals surface area contributed by atoms with Crippen LogP contribution in [0.15, 0.2) is 53.1 Å². The first-order valence-electron chi connectivity index (χ1n) is 9.96. The first kappa shape index (κ1) is 17.8. The van der Waals surface area contributed by atoms with E-state index >= 15 is 0 Å². The minimum Gasteiger partial charge on any atom is -0.492 e. The fourth-order valence-electron chi connectivity index (χ4n) is 4.56. The summed E-state index contributed by atoms with van der Waals surface area (Å²) in [6, 6.07) is 11.2. The summed E-state index contributed by atoms with van der Waals surface area (Å²) in [5.74, 6) is -0.255. The van der Waals surface area contributed by atoms with Crippen LogP contribution in [0.5, 0.6) is 5.75 Å². The summed E-state index contributed by atoms with van der Waals surface area (Å²) in [4.78, 5) is 11.3. The summed E-state index contributed by atoms with van der Waals surface area (Å²) in [5.41, 5.74) is 12.3. The van der Waals surface area contributed by atoms with Crippen molar-refractivity contribution in [3.63, 3.8) is 0 Å². The van der Waals surface area contributed by atoms with Gasteiger partial charge in [-0.1, -0.05) is 6.08 Å². The molecule has 2 unspecified atom stereocenters. The number of carbonyl (C=O) groups is 1. The maximum absolute atomic E-state index is 11.3. The predicted octanol–water partition coefficient (Wildman–Crippen LogP) is 3.99. The summed E-state index contributed by atoms with van der Waals surface area (Å²) in [7, 11) is 0. The number of nitrogens with zero attached hydrogens (tertiary/aromatic N) is 2. The molecule has 29 heavy (non-hydrogen) atoms. The smallest absolute Gasteiger partial charge is 0.335 e. The number of nitrogen functional groups attached to an aromatic ring is 1. The van der Waals surface area contributed by atoms with Crippen LogP contribution in [0.4, 0.5) is 11.4 Å². The topological polar surface area (TPSA) is 88.2 Å². The minimum absolute atomic E-state index is 0.111. The fourth-order valence-corrected chi connectivity index (χ4v) is 4.56. The van der Waals surface area contributed by atoms with E-state index < -0.39 is 5.97 Å². The zero-order valence-corrected chi connectivity index (χ0v) is 16.3. The van der Waals surface area contributed by atoms with Gasteiger partial charge >= 0.3 is 5.97 Å². The molecule has 2 aromatic carbocycles. The van der Waals surface area contributed by atoms with Crippen molar-refractivity contribution in [1.82, 2.24) is 0 Å². The average molecular weight is 389 g/mol. The zero-order valence-electron chi connectivity index (χ0n) is 16.3. The van der Waals surface area contributed by atoms with Crippen molar-refractivity contribution in [3.8, 4) is 5.75 Å². The molecule has 0 bridgehead atoms. The molecular weight excluding hydrogens is 366 g/mol. The van der Waals surface area contributed by atoms with Crippen molar-refractivity contribution in [2.24, 2.45) is 11.0 Å². The number of fused-ring (bicyclic) bond motifs is 3. The Labute approximate surface area is 169 Å². The highest BCUT2D eigenvalue weighted by Crippen LogP contribution is 2.42. The molecule has 0 amide bonds. The van der Waals surface area contributed by atoms with E-state index in [1.807, 2.05) is 25.1 Å². The van der Waals surface area contributed by atoms with Crippen molar-refractivity contribution in [1.29, 1.82) is 0 Å². The van der Waals surface area contributed by atoms with Gasteiger partial charge in [-0.05, 0) is 73.7 Å². The van der Waals surface area contributed by atoms with Crippen LogP contribution in [0.2, 0.25) is 0 Å². The zero-order chi connectivity index (χ0) is 20.1. The maximum Gasteiger partial charge on any atom is 0.335 e. The Bertz CT molecular complexity index is 1070. The lowest BCUT2D eigenvalue weighted by Crippen LogP contribution is -2.40. The number of rotatable bonds is 3. The van der Waals surface area contributed by atoms with Crippen molar-refractivity contribution in [2.45, 2.75) is 32.2 Å². The van der Waals surface area contributed by atoms with E-state index in [4.69, 9.17) is 15.6 Å². The van der Waals surface area contributed by atoms with E-state index in [1.165, 1.54) is 12.0 Å². The molecular formula is C23H23N3O3. The molecule has 2 aliphatic heterocycles. The van der Waals surface area contributed by atoms with Crippen molar-refractivity contribution in [2.75, 3.05) is 17.3 Å². The van der Waals surface area contributed by atoms with Crippen LogP contribution in [-0.2, 0) is 0 Å². The Morgan fingerprint density at radius 1 is 1.28 bits per heavy atom. The highest BCUT2D eigenvalue weighted by Gasteiger charge is 2.44. The molecule has 3 N–H and O–H groups in total. The molecule has 0 saturated carbocycles. The number of carboxylic acid groups (broad SMARTS) is 1. The maximum atomic E-state index is 11.3. The minimum atomic E-state index is -0.958. The van der Waals surface area contributed by atoms with E-state index in [2.05, 4.69) is 17.2 Å². The number of hydrogen-bond donors (Lipinski definition) is 2. The van der Waals surface area contributed by atoms with Gasteiger partial charge in [-0.2, -0.15) is 5.10 Å². The molecule has 2 atom stereocenters. The van der Waals surface area contributed by atoms with Gasteiger partial charge in [-0.25, -0.2) is 4.79 Å². The van der Waals surface area contributed by atoms with Crippen LogP contribution < -0.4 is 15.5 Å². The van der Waals surface area contributed by atoms with E-state index in [-0.39, 0.29) is 17.5 Å². The lowest BCUT2D eigenvalue weighted by Gasteiger charge is -2.31. The molecule has 1 aliphatic carbocycles. The van der Waals surface area contributed by atoms with Crippen molar-refractivity contribution < 1.29 is 14.6 Å². The number of benzene rings is 2. The van der Waals surface area contributed by atoms with Crippen molar-refractivity contribution in [3.05, 3.63) is 64.7 Å². The van der Waals surface area contributed by atoms with E-state index in [9.17, 15) is 9.90 Å². The quantitative estimate of drug-likeness (QED) is 0.612. The second kappa shape index (κ2) is 6.65. The van der Waals surface area contributed by atoms with Gasteiger partial charge in [0, 0.05) is 11.3 Å². The average Bonchev–Trinajstić information content (AvgIpc) is 3.36. The first-order valence-corrected chi connectivity index (χ1v) is 9.96. The summed E-state index contributed by atoms with van der Waals surface area (Å²) >= 11 is 0. The van der Waals surface area contributed by atoms with Crippen LogP contribution in [0.1, 0.15) is 40.7 Å². The number of ether oxygens (including phenoxy) is 1. The van der Waals surface area contributed by atoms with Gasteiger partial charge in [-0.3, -0.25) is 5.01 Å². The third kappa shape index (κ3) is 2.87. The summed E-state index contributed by atoms with van der Waals surface area (Å²) in [5, 5.41) is 16.4. The van der Waals surface area contributed by atoms with Gasteiger partial charge in [0.15, 0.2) is 0 Å². The summed E-state index contributed by atoms with van der Waals surface area (Å²) in [6.45, 7) is 2.49. The number of aryl methyl sites for hydroxylation is 1. The molecule has 6 heteroatoms. The largest absolute Gasteiger partial charge is 0.492 e. The number of hydrazone groups is 1. The highest BCUT2D eigenvalue weighted by atomic mass is 16.5. The van der Waals surface area contributed by atoms with Crippen LogP contribution in [0.25, 0.3) is 0 Å². The number of nitrogens with two attached hydrogens (primary N) is 1. The summed E-state index contributed by atoms with van der Waals surface area (Å²) in [6.07, 6.45) is 5.67. The number of carboxylic acids is 1. The molecule has 0 fully saturated rings. The Morgan fingerprint density at radius 2 is 2.14 bits per heavy atom. The van der Waals surface area contributed by atoms with Crippen molar-refractivity contribution >= 4 is 23.1 Å². The van der Waals surface area contributed by atoms with E-state index in [1.54, 1.807) is 12.1 Å². The number of hydrogen-bond acceptors (Lipinski definition) is 5. The van der Waals surface area contributed by atoms with E-state index in [0.29, 0.717) is 12.4 Å². The van der Waals surface area contributed by atoms with Gasteiger partial charge in [0.2, 0.25) is 0 Å². The molecule has 2 aromatic rings. The Morgan fingerprint density at radius 3 is 2.86 bits per heavy atom. The van der Waals surface area contributed by atoms with Gasteiger partial charge in [0.25, 0.3) is 0 Å². The van der Waals surface area contributed by atoms with Crippen LogP contribution in [0.3, 0.4) is 0 Å². The second-order valence-corrected chi connectivity index (χ2v) is 7.92. The second-order valence-electron chi connectivity index (χ2n) is 7.92. The predicted molar refractivity (Wildman–Crippen MR) is 113 cm³/mol. The molecule has 0 saturated heterocycles. The molecule has 6 nitrogen and oxygen atoms in total. The SMILES string of the molecule is Cc1cc(N2N=C3c4ccc(C(=O)O)cc4OCC3C2C2=CCCC2)ccc1N. The Kier molecular flexibility index (Phi) is 4.08. The lowest BCUT2D eigenvalue weighted by molar-refractivity contribution is 0.0696. The highest BCUT2D eigenvalue weighted by molar-refractivity contribution is 6.09. The molecule has 2 heterocycles. The molecule has 0 aromatic heterocycles. The molecule has 148 valence electrons. The fraction of sp³-hybridized carbons (Fsp3) is 0.304. The lowest BCUT2D eigenvalue weighted by atomic mass is 9.85. The summed E-state index contributed by atoms with van der Waals surface area (Å²) < 4.78 is 6.03. The Balaban J connectivity index is 1.61. The third-order valence-electron chi connectivity index (χ3n) is 6.11. The molecule has 3 aliphatic rings. The number of aromatic carboxylic acids is 1. The number of anilines is 2. The van der Waals surface area contributed by atoms with E-state index in [0.717, 1.165) is 41.1 Å². The molecule has 0 spiro atoms. The third-order valence-corrected chi connectivity index (χ3v) is 6.11. The number of allylic oxidation sites excluding steroid dienone is 1. The molecule has 0 radical (unpaired) electrons. The van der Waals surface area contributed by atoms with Crippen LogP contribution in [-0.4, -0.2) is 29.4 Å². The van der Waals surface area contributed by atoms with Crippen LogP contribution in [0, 0.1) is 12.8 Å². The monoisotopic (exact) mass is 389 g/mol. The standard InChI is InChI=1S/C23H23N3O3/c1-13-10-16(7-9-19(13)24)26-22(14-4-2-3-5-14)18-12-29-20-11-15(23(27)28)6-8-17(20)21(18)25-26/h4,6-11,18,22H,2-3,5,12,24H2,1H3,(H,27,28). The molecule has 5 rings (SSSR count). The van der Waals surface area contributed by atoms with Gasteiger partial charge in [0.1, 0.15) is 5.75 Å². The first-order chi connectivity index (χ1) is 14.0. The van der Waals surface area contributed by atoms with Gasteiger partial charge in [-0.15, -0.1) is 0 Å². The van der Waals surface area contributed by atoms with Gasteiger partial charge < -0.3 is 15.6 Å².